The van der Waals surface area contributed by atoms with Crippen molar-refractivity contribution in [2.24, 2.45) is 5.92 Å². The summed E-state index contributed by atoms with van der Waals surface area (Å²) in [5.41, 5.74) is -0.137. The first kappa shape index (κ1) is 15.7. The van der Waals surface area contributed by atoms with E-state index in [0.717, 1.165) is 38.5 Å². The largest absolute Gasteiger partial charge is 0.363 e. The molecule has 0 atom stereocenters. The summed E-state index contributed by atoms with van der Waals surface area (Å²) in [6.07, 6.45) is 3.65. The van der Waals surface area contributed by atoms with Crippen molar-refractivity contribution in [2.75, 3.05) is 45.9 Å². The molecule has 2 saturated heterocycles. The average Bonchev–Trinajstić information content (AvgIpc) is 2.41. The van der Waals surface area contributed by atoms with Crippen LogP contribution in [0.4, 0.5) is 0 Å². The van der Waals surface area contributed by atoms with Crippen LogP contribution in [0.1, 0.15) is 33.1 Å². The fraction of sp³-hybridized carbons (Fsp3) is 0.933. The number of piperidine rings is 1. The number of hydrogen-bond acceptors (Lipinski definition) is 4. The monoisotopic (exact) mass is 283 g/mol. The van der Waals surface area contributed by atoms with E-state index in [0.29, 0.717) is 0 Å². The molecule has 1 amide bonds. The maximum Gasteiger partial charge on any atom is 0.246 e. The molecule has 0 spiro atoms. The molecule has 2 aliphatic heterocycles. The van der Waals surface area contributed by atoms with Gasteiger partial charge in [-0.3, -0.25) is 4.79 Å². The van der Waals surface area contributed by atoms with Crippen LogP contribution in [0, 0.1) is 5.92 Å². The van der Waals surface area contributed by atoms with Gasteiger partial charge < -0.3 is 20.3 Å². The standard InChI is InChI=1S/C15H29N3O2/c1-13-4-8-18(9-5-13)7-3-6-17-14(19)10-20-15(2)11-16-12-15/h13,16H,3-12H2,1-2H3,(H,17,19). The van der Waals surface area contributed by atoms with Gasteiger partial charge in [0.05, 0.1) is 5.60 Å². The second-order valence-electron chi connectivity index (χ2n) is 6.57. The second-order valence-corrected chi connectivity index (χ2v) is 6.57. The van der Waals surface area contributed by atoms with Gasteiger partial charge in [0.1, 0.15) is 6.61 Å². The van der Waals surface area contributed by atoms with Crippen molar-refractivity contribution in [3.63, 3.8) is 0 Å². The van der Waals surface area contributed by atoms with Gasteiger partial charge in [0, 0.05) is 19.6 Å². The molecule has 5 nitrogen and oxygen atoms in total. The second kappa shape index (κ2) is 7.38. The highest BCUT2D eigenvalue weighted by molar-refractivity contribution is 5.77. The van der Waals surface area contributed by atoms with Gasteiger partial charge in [-0.15, -0.1) is 0 Å². The van der Waals surface area contributed by atoms with Crippen molar-refractivity contribution < 1.29 is 9.53 Å². The van der Waals surface area contributed by atoms with Gasteiger partial charge >= 0.3 is 0 Å². The quantitative estimate of drug-likeness (QED) is 0.672. The average molecular weight is 283 g/mol. The Hall–Kier alpha value is -0.650. The molecule has 2 rings (SSSR count). The molecule has 2 fully saturated rings. The molecule has 0 bridgehead atoms. The van der Waals surface area contributed by atoms with Crippen molar-refractivity contribution in [3.8, 4) is 0 Å². The third-order valence-corrected chi connectivity index (χ3v) is 4.40. The highest BCUT2D eigenvalue weighted by Gasteiger charge is 2.32. The number of nitrogens with zero attached hydrogens (tertiary/aromatic N) is 1. The van der Waals surface area contributed by atoms with Gasteiger partial charge in [-0.2, -0.15) is 0 Å². The van der Waals surface area contributed by atoms with Crippen LogP contribution in [0.5, 0.6) is 0 Å². The normalized spacial score (nSPS) is 23.3. The third-order valence-electron chi connectivity index (χ3n) is 4.40. The summed E-state index contributed by atoms with van der Waals surface area (Å²) in [7, 11) is 0. The fourth-order valence-electron chi connectivity index (χ4n) is 2.69. The summed E-state index contributed by atoms with van der Waals surface area (Å²) in [5.74, 6) is 0.885. The highest BCUT2D eigenvalue weighted by atomic mass is 16.5. The van der Waals surface area contributed by atoms with E-state index in [4.69, 9.17) is 4.74 Å². The van der Waals surface area contributed by atoms with Crippen LogP contribution >= 0.6 is 0 Å². The van der Waals surface area contributed by atoms with E-state index in [-0.39, 0.29) is 18.1 Å². The Bertz CT molecular complexity index is 310. The minimum atomic E-state index is -0.137. The van der Waals surface area contributed by atoms with Gasteiger partial charge in [0.25, 0.3) is 0 Å². The zero-order chi connectivity index (χ0) is 14.4. The predicted octanol–water partition coefficient (Wildman–Crippen LogP) is 0.603. The zero-order valence-electron chi connectivity index (χ0n) is 12.9. The number of hydrogen-bond donors (Lipinski definition) is 2. The molecule has 0 radical (unpaired) electrons. The van der Waals surface area contributed by atoms with Crippen molar-refractivity contribution in [3.05, 3.63) is 0 Å². The Morgan fingerprint density at radius 2 is 2.10 bits per heavy atom. The van der Waals surface area contributed by atoms with E-state index < -0.39 is 0 Å². The summed E-state index contributed by atoms with van der Waals surface area (Å²) in [4.78, 5) is 14.2. The molecule has 0 aromatic rings. The van der Waals surface area contributed by atoms with Crippen LogP contribution in [0.3, 0.4) is 0 Å². The number of carbonyl (C=O) groups is 1. The molecule has 2 heterocycles. The van der Waals surface area contributed by atoms with Crippen LogP contribution in [0.2, 0.25) is 0 Å². The van der Waals surface area contributed by atoms with Crippen molar-refractivity contribution in [2.45, 2.75) is 38.7 Å². The number of ether oxygens (including phenoxy) is 1. The number of nitrogens with one attached hydrogen (secondary N) is 2. The van der Waals surface area contributed by atoms with Gasteiger partial charge in [-0.1, -0.05) is 6.92 Å². The summed E-state index contributed by atoms with van der Waals surface area (Å²) < 4.78 is 5.60. The third kappa shape index (κ3) is 5.04. The van der Waals surface area contributed by atoms with E-state index in [1.165, 1.54) is 25.9 Å². The first-order valence-corrected chi connectivity index (χ1v) is 7.91. The fourth-order valence-corrected chi connectivity index (χ4v) is 2.69. The molecule has 0 aromatic carbocycles. The summed E-state index contributed by atoms with van der Waals surface area (Å²) in [6, 6.07) is 0. The topological polar surface area (TPSA) is 53.6 Å². The Kier molecular flexibility index (Phi) is 5.81. The van der Waals surface area contributed by atoms with E-state index in [9.17, 15) is 4.79 Å². The molecule has 116 valence electrons. The van der Waals surface area contributed by atoms with Crippen LogP contribution in [0.25, 0.3) is 0 Å². The van der Waals surface area contributed by atoms with E-state index in [2.05, 4.69) is 22.5 Å². The van der Waals surface area contributed by atoms with Gasteiger partial charge in [0.15, 0.2) is 0 Å². The number of rotatable bonds is 7. The first-order valence-electron chi connectivity index (χ1n) is 7.91. The Balaban J connectivity index is 1.47. The van der Waals surface area contributed by atoms with Crippen LogP contribution < -0.4 is 10.6 Å². The van der Waals surface area contributed by atoms with Crippen LogP contribution in [-0.2, 0) is 9.53 Å². The zero-order valence-corrected chi connectivity index (χ0v) is 12.9. The lowest BCUT2D eigenvalue weighted by Gasteiger charge is -2.38. The maximum atomic E-state index is 11.7. The smallest absolute Gasteiger partial charge is 0.246 e. The molecule has 2 aliphatic rings. The summed E-state index contributed by atoms with van der Waals surface area (Å²) in [5, 5.41) is 6.10. The van der Waals surface area contributed by atoms with Crippen molar-refractivity contribution in [1.82, 2.24) is 15.5 Å². The number of carbonyl (C=O) groups excluding carboxylic acids is 1. The minimum Gasteiger partial charge on any atom is -0.363 e. The number of likely N-dealkylation sites (tertiary alicyclic amines) is 1. The lowest BCUT2D eigenvalue weighted by atomic mass is 9.99. The predicted molar refractivity (Wildman–Crippen MR) is 79.7 cm³/mol. The van der Waals surface area contributed by atoms with Crippen molar-refractivity contribution in [1.29, 1.82) is 0 Å². The molecule has 2 N–H and O–H groups in total. The first-order chi connectivity index (χ1) is 9.57. The molecule has 0 unspecified atom stereocenters. The molecule has 0 aliphatic carbocycles. The van der Waals surface area contributed by atoms with E-state index in [1.54, 1.807) is 0 Å². The van der Waals surface area contributed by atoms with Crippen molar-refractivity contribution >= 4 is 5.91 Å². The minimum absolute atomic E-state index is 0.00499. The number of amides is 1. The highest BCUT2D eigenvalue weighted by Crippen LogP contribution is 2.16. The summed E-state index contributed by atoms with van der Waals surface area (Å²) in [6.45, 7) is 10.5. The molecule has 5 heteroatoms. The maximum absolute atomic E-state index is 11.7. The molecule has 0 saturated carbocycles. The van der Waals surface area contributed by atoms with Crippen LogP contribution in [-0.4, -0.2) is 62.3 Å². The SMILES string of the molecule is CC1CCN(CCCNC(=O)COC2(C)CNC2)CC1. The van der Waals surface area contributed by atoms with Gasteiger partial charge in [-0.25, -0.2) is 0 Å². The van der Waals surface area contributed by atoms with E-state index in [1.807, 2.05) is 6.92 Å². The van der Waals surface area contributed by atoms with Gasteiger partial charge in [0.2, 0.25) is 5.91 Å². The Morgan fingerprint density at radius 3 is 2.70 bits per heavy atom. The van der Waals surface area contributed by atoms with E-state index >= 15 is 0 Å². The summed E-state index contributed by atoms with van der Waals surface area (Å²) >= 11 is 0. The lowest BCUT2D eigenvalue weighted by molar-refractivity contribution is -0.135. The molecular formula is C15H29N3O2. The molecule has 20 heavy (non-hydrogen) atoms. The molecule has 0 aromatic heterocycles. The lowest BCUT2D eigenvalue weighted by Crippen LogP contribution is -2.59. The Morgan fingerprint density at radius 1 is 1.40 bits per heavy atom. The molecular weight excluding hydrogens is 254 g/mol. The van der Waals surface area contributed by atoms with Gasteiger partial charge in [-0.05, 0) is 51.7 Å². The van der Waals surface area contributed by atoms with Crippen LogP contribution in [0.15, 0.2) is 0 Å². The Labute approximate surface area is 122 Å².